The van der Waals surface area contributed by atoms with E-state index >= 15 is 0 Å². The highest BCUT2D eigenvalue weighted by atomic mass is 16.2. The number of aryl methyl sites for hydroxylation is 2. The summed E-state index contributed by atoms with van der Waals surface area (Å²) in [5, 5.41) is 1.71. The van der Waals surface area contributed by atoms with Crippen molar-refractivity contribution in [3.63, 3.8) is 0 Å². The monoisotopic (exact) mass is 716 g/mol. The van der Waals surface area contributed by atoms with Crippen molar-refractivity contribution in [3.05, 3.63) is 95.0 Å². The molecular weight excluding hydrogens is 676 g/mol. The van der Waals surface area contributed by atoms with Gasteiger partial charge in [-0.1, -0.05) is 58.7 Å². The Morgan fingerprint density at radius 1 is 0.566 bits per heavy atom. The van der Waals surface area contributed by atoms with E-state index in [1.807, 2.05) is 45.9 Å². The fourth-order valence-corrected chi connectivity index (χ4v) is 9.41. The third-order valence-electron chi connectivity index (χ3n) is 12.0. The first-order chi connectivity index (χ1) is 25.5. The number of nitrogens with zero attached hydrogens (tertiary/aromatic N) is 4. The third-order valence-corrected chi connectivity index (χ3v) is 12.0. The molecule has 12 heteroatoms. The summed E-state index contributed by atoms with van der Waals surface area (Å²) in [5.41, 5.74) is -0.425. The van der Waals surface area contributed by atoms with Crippen molar-refractivity contribution in [2.75, 3.05) is 5.01 Å². The van der Waals surface area contributed by atoms with Crippen LogP contribution >= 0.6 is 0 Å². The van der Waals surface area contributed by atoms with Crippen LogP contribution in [0.15, 0.2) is 61.6 Å². The number of hydrogen-bond donors (Lipinski definition) is 0. The van der Waals surface area contributed by atoms with Gasteiger partial charge in [0.05, 0.1) is 50.9 Å². The lowest BCUT2D eigenvalue weighted by molar-refractivity contribution is -0.143. The molecule has 3 aromatic carbocycles. The Morgan fingerprint density at radius 3 is 1.36 bits per heavy atom. The van der Waals surface area contributed by atoms with Crippen LogP contribution < -0.4 is 27.2 Å². The van der Waals surface area contributed by atoms with Gasteiger partial charge >= 0.3 is 0 Å². The van der Waals surface area contributed by atoms with E-state index in [0.717, 1.165) is 24.0 Å². The molecule has 3 aliphatic rings. The average molecular weight is 717 g/mol. The quantitative estimate of drug-likeness (QED) is 0.209. The minimum atomic E-state index is -0.950. The van der Waals surface area contributed by atoms with Gasteiger partial charge in [-0.2, -0.15) is 9.69 Å². The van der Waals surface area contributed by atoms with Crippen LogP contribution in [-0.4, -0.2) is 43.8 Å². The van der Waals surface area contributed by atoms with Gasteiger partial charge in [0.1, 0.15) is 0 Å². The molecule has 0 spiro atoms. The maximum absolute atomic E-state index is 13.9. The lowest BCUT2D eigenvalue weighted by atomic mass is 9.70. The summed E-state index contributed by atoms with van der Waals surface area (Å²) in [5.74, 6) is -5.50. The van der Waals surface area contributed by atoms with Crippen LogP contribution in [0, 0.1) is 23.7 Å². The van der Waals surface area contributed by atoms with Gasteiger partial charge in [0.25, 0.3) is 34.1 Å². The van der Waals surface area contributed by atoms with E-state index < -0.39 is 57.7 Å². The van der Waals surface area contributed by atoms with Gasteiger partial charge in [0, 0.05) is 6.04 Å². The molecule has 1 aliphatic carbocycles. The Hall–Kier alpha value is -5.52. The Kier molecular flexibility index (Phi) is 8.19. The van der Waals surface area contributed by atoms with E-state index in [1.54, 1.807) is 0 Å². The SMILES string of the molecule is CCCC(CCC)N1C(=O)C2CC3C(=O)N(n4c(=O)c5cc6cc7c(=O)n(-c8c(CC)cccc8CC)c(=O)c7cc6cc5c4=O)C(=O)C3CC2C1=O. The number of aromatic nitrogens is 2. The first-order valence-corrected chi connectivity index (χ1v) is 18.7. The predicted octanol–water partition coefficient (Wildman–Crippen LogP) is 3.78. The summed E-state index contributed by atoms with van der Waals surface area (Å²) in [7, 11) is 0. The molecule has 2 saturated heterocycles. The normalized spacial score (nSPS) is 21.7. The van der Waals surface area contributed by atoms with Gasteiger partial charge < -0.3 is 0 Å². The molecule has 2 aliphatic heterocycles. The number of benzene rings is 3. The Bertz CT molecular complexity index is 2470. The largest absolute Gasteiger partial charge is 0.281 e. The number of para-hydroxylation sites is 1. The van der Waals surface area contributed by atoms with Gasteiger partial charge in [-0.25, -0.2) is 4.57 Å². The molecule has 5 aromatic rings. The summed E-state index contributed by atoms with van der Waals surface area (Å²) in [6.07, 6.45) is 4.17. The third kappa shape index (κ3) is 4.80. The Labute approximate surface area is 303 Å². The first-order valence-electron chi connectivity index (χ1n) is 18.7. The second kappa shape index (κ2) is 12.6. The molecule has 4 heterocycles. The molecule has 1 saturated carbocycles. The summed E-state index contributed by atoms with van der Waals surface area (Å²) in [4.78, 5) is 112. The molecule has 0 bridgehead atoms. The molecule has 4 atom stereocenters. The van der Waals surface area contributed by atoms with E-state index in [9.17, 15) is 38.4 Å². The summed E-state index contributed by atoms with van der Waals surface area (Å²) >= 11 is 0. The number of amides is 4. The van der Waals surface area contributed by atoms with Gasteiger partial charge in [0.15, 0.2) is 0 Å². The molecule has 53 heavy (non-hydrogen) atoms. The Morgan fingerprint density at radius 2 is 0.962 bits per heavy atom. The number of carbonyl (C=O) groups excluding carboxylic acids is 4. The van der Waals surface area contributed by atoms with Gasteiger partial charge in [0.2, 0.25) is 11.8 Å². The molecular formula is C41H40N4O8. The molecule has 272 valence electrons. The van der Waals surface area contributed by atoms with Crippen LogP contribution in [0.1, 0.15) is 77.3 Å². The van der Waals surface area contributed by atoms with Gasteiger partial charge in [-0.3, -0.25) is 43.3 Å². The fourth-order valence-electron chi connectivity index (χ4n) is 9.41. The number of carbonyl (C=O) groups is 4. The zero-order valence-electron chi connectivity index (χ0n) is 30.1. The minimum absolute atomic E-state index is 0.0113. The van der Waals surface area contributed by atoms with E-state index in [-0.39, 0.29) is 52.2 Å². The van der Waals surface area contributed by atoms with Crippen LogP contribution in [0.2, 0.25) is 0 Å². The first kappa shape index (κ1) is 34.6. The van der Waals surface area contributed by atoms with Gasteiger partial charge in [-0.05, 0) is 84.7 Å². The Balaban J connectivity index is 1.18. The lowest BCUT2D eigenvalue weighted by Crippen LogP contribution is -2.50. The van der Waals surface area contributed by atoms with Crippen molar-refractivity contribution < 1.29 is 19.2 Å². The summed E-state index contributed by atoms with van der Waals surface area (Å²) in [6.45, 7) is 7.90. The van der Waals surface area contributed by atoms with E-state index in [4.69, 9.17) is 0 Å². The van der Waals surface area contributed by atoms with E-state index in [2.05, 4.69) is 0 Å². The van der Waals surface area contributed by atoms with Gasteiger partial charge in [-0.15, -0.1) is 0 Å². The summed E-state index contributed by atoms with van der Waals surface area (Å²) in [6, 6.07) is 11.4. The second-order valence-corrected chi connectivity index (χ2v) is 14.8. The molecule has 2 aromatic heterocycles. The zero-order chi connectivity index (χ0) is 37.6. The highest BCUT2D eigenvalue weighted by Crippen LogP contribution is 2.48. The molecule has 12 nitrogen and oxygen atoms in total. The molecule has 8 rings (SSSR count). The smallest absolute Gasteiger partial charge is 0.279 e. The standard InChI is InChI=1S/C41H40N4O8/c1-5-10-24(11-6-2)42-34(46)29-18-31-32(19-30(29)35(42)47)41(53)45(40(31)52)44-38(50)27-16-22-14-25-26(15-23(22)17-28(27)39(44)51)37(49)43(36(25)48)33-20(7-3)12-9-13-21(33)8-4/h9,12-17,24,29-32H,5-8,10-11,18-19H2,1-4H3. The maximum atomic E-state index is 13.9. The molecule has 0 radical (unpaired) electrons. The number of likely N-dealkylation sites (tertiary alicyclic amines) is 1. The van der Waals surface area contributed by atoms with E-state index in [0.29, 0.717) is 51.8 Å². The van der Waals surface area contributed by atoms with Crippen molar-refractivity contribution in [3.8, 4) is 5.69 Å². The van der Waals surface area contributed by atoms with Crippen LogP contribution in [0.5, 0.6) is 0 Å². The second-order valence-electron chi connectivity index (χ2n) is 14.8. The lowest BCUT2D eigenvalue weighted by Gasteiger charge is -2.28. The number of hydrogen-bond acceptors (Lipinski definition) is 8. The van der Waals surface area contributed by atoms with Crippen LogP contribution in [0.25, 0.3) is 38.0 Å². The number of rotatable bonds is 9. The molecule has 4 amide bonds. The average Bonchev–Trinajstić information content (AvgIpc) is 3.74. The number of fused-ring (bicyclic) bond motifs is 5. The van der Waals surface area contributed by atoms with Crippen LogP contribution in [0.3, 0.4) is 0 Å². The van der Waals surface area contributed by atoms with Crippen molar-refractivity contribution in [1.82, 2.24) is 14.1 Å². The van der Waals surface area contributed by atoms with Crippen LogP contribution in [0.4, 0.5) is 0 Å². The van der Waals surface area contributed by atoms with Crippen molar-refractivity contribution >= 4 is 55.9 Å². The topological polar surface area (TPSA) is 153 Å². The molecule has 3 fully saturated rings. The van der Waals surface area contributed by atoms with Crippen molar-refractivity contribution in [1.29, 1.82) is 0 Å². The highest BCUT2D eigenvalue weighted by molar-refractivity contribution is 6.18. The van der Waals surface area contributed by atoms with E-state index in [1.165, 1.54) is 33.7 Å². The summed E-state index contributed by atoms with van der Waals surface area (Å²) < 4.78 is 1.77. The molecule has 0 N–H and O–H groups in total. The predicted molar refractivity (Wildman–Crippen MR) is 199 cm³/mol. The fraction of sp³-hybridized carbons (Fsp3) is 0.415. The minimum Gasteiger partial charge on any atom is -0.279 e. The highest BCUT2D eigenvalue weighted by Gasteiger charge is 2.61. The van der Waals surface area contributed by atoms with Crippen molar-refractivity contribution in [2.45, 2.75) is 85.1 Å². The number of imide groups is 2. The zero-order valence-corrected chi connectivity index (χ0v) is 30.1. The maximum Gasteiger partial charge on any atom is 0.281 e. The molecule has 4 unspecified atom stereocenters. The van der Waals surface area contributed by atoms with Crippen LogP contribution in [-0.2, 0) is 32.0 Å². The van der Waals surface area contributed by atoms with Crippen molar-refractivity contribution in [2.24, 2.45) is 23.7 Å².